The molecule has 6 rings (SSSR count). The largest absolute Gasteiger partial charge is 0.345 e. The van der Waals surface area contributed by atoms with E-state index in [0.29, 0.717) is 19.3 Å². The number of nitrogens with one attached hydrogen (secondary N) is 4. The van der Waals surface area contributed by atoms with Crippen LogP contribution in [0, 0.1) is 34.5 Å². The molecule has 0 spiro atoms. The summed E-state index contributed by atoms with van der Waals surface area (Å²) in [5.74, 6) is -0.390. The Bertz CT molecular complexity index is 1790. The first-order chi connectivity index (χ1) is 27.9. The Morgan fingerprint density at radius 2 is 0.851 bits per heavy atom. The summed E-state index contributed by atoms with van der Waals surface area (Å²) in [7, 11) is 3.44. The van der Waals surface area contributed by atoms with Crippen LogP contribution in [-0.4, -0.2) is 95.2 Å². The molecular formula is C47H80N4O6S10. The Morgan fingerprint density at radius 1 is 0.552 bits per heavy atom. The van der Waals surface area contributed by atoms with E-state index < -0.39 is 47.8 Å². The number of likely N-dealkylation sites (N-methyl/N-ethyl adjacent to an activating group) is 2. The van der Waals surface area contributed by atoms with Gasteiger partial charge in [0.2, 0.25) is 11.8 Å². The Labute approximate surface area is 464 Å². The minimum Gasteiger partial charge on any atom is -0.345 e. The maximum Gasteiger partial charge on any atom is 0.237 e. The van der Waals surface area contributed by atoms with E-state index in [4.69, 9.17) is 0 Å². The molecule has 10 nitrogen and oxygen atoms in total. The maximum absolute atomic E-state index is 14.1. The predicted molar refractivity (Wildman–Crippen MR) is 320 cm³/mol. The number of amides is 2. The summed E-state index contributed by atoms with van der Waals surface area (Å²) < 4.78 is 0. The molecule has 2 saturated carbocycles. The lowest BCUT2D eigenvalue weighted by atomic mass is 9.72. The molecule has 4 fully saturated rings. The van der Waals surface area contributed by atoms with Gasteiger partial charge >= 0.3 is 0 Å². The molecule has 2 amide bonds. The molecular weight excluding hydrogens is 1040 g/mol. The molecule has 20 heteroatoms. The van der Waals surface area contributed by atoms with Gasteiger partial charge in [-0.3, -0.25) is 28.8 Å². The summed E-state index contributed by atoms with van der Waals surface area (Å²) in [6.07, 6.45) is 3.92. The summed E-state index contributed by atoms with van der Waals surface area (Å²) in [6.45, 7) is 12.0. The van der Waals surface area contributed by atoms with Gasteiger partial charge in [0.05, 0.1) is 24.2 Å². The predicted octanol–water partition coefficient (Wildman–Crippen LogP) is 6.06. The molecule has 0 aromatic heterocycles. The summed E-state index contributed by atoms with van der Waals surface area (Å²) in [5.41, 5.74) is 3.37. The molecule has 4 N–H and O–H groups in total. The first kappa shape index (κ1) is 70.7. The highest BCUT2D eigenvalue weighted by molar-refractivity contribution is 8.00. The average Bonchev–Trinajstić information content (AvgIpc) is 3.51. The van der Waals surface area contributed by atoms with Gasteiger partial charge < -0.3 is 21.3 Å². The van der Waals surface area contributed by atoms with Gasteiger partial charge in [0.1, 0.15) is 11.6 Å². The van der Waals surface area contributed by atoms with Gasteiger partial charge in [0.15, 0.2) is 11.6 Å². The van der Waals surface area contributed by atoms with Crippen LogP contribution in [0.3, 0.4) is 0 Å². The monoisotopic (exact) mass is 1120 g/mol. The number of benzene rings is 2. The first-order valence-electron chi connectivity index (χ1n) is 21.4. The number of Topliss-reactive ketones (excluding diaryl/α,β-unsaturated/α-hetero) is 4. The number of carbonyl (C=O) groups is 6. The van der Waals surface area contributed by atoms with E-state index >= 15 is 0 Å². The zero-order valence-corrected chi connectivity index (χ0v) is 49.7. The van der Waals surface area contributed by atoms with E-state index in [2.05, 4.69) is 73.2 Å². The summed E-state index contributed by atoms with van der Waals surface area (Å²) in [6, 6.07) is 14.3. The fourth-order valence-electron chi connectivity index (χ4n) is 10.2. The lowest BCUT2D eigenvalue weighted by Crippen LogP contribution is -2.51. The minimum atomic E-state index is -0.584. The Kier molecular flexibility index (Phi) is 32.2. The van der Waals surface area contributed by atoms with Crippen LogP contribution >= 0.6 is 131 Å². The lowest BCUT2D eigenvalue weighted by molar-refractivity contribution is -0.136. The van der Waals surface area contributed by atoms with Gasteiger partial charge in [-0.15, -0.1) is 0 Å². The lowest BCUT2D eigenvalue weighted by Gasteiger charge is -2.30. The van der Waals surface area contributed by atoms with Gasteiger partial charge in [-0.05, 0) is 105 Å². The normalized spacial score (nSPS) is 26.1. The van der Waals surface area contributed by atoms with Gasteiger partial charge in [-0.1, -0.05) is 76.2 Å². The summed E-state index contributed by atoms with van der Waals surface area (Å²) in [4.78, 5) is 81.6. The highest BCUT2D eigenvalue weighted by Crippen LogP contribution is 2.55. The number of thioether (sulfide) groups is 2. The summed E-state index contributed by atoms with van der Waals surface area (Å²) in [5, 5.41) is 11.9. The van der Waals surface area contributed by atoms with Gasteiger partial charge in [-0.2, -0.15) is 131 Å². The van der Waals surface area contributed by atoms with Crippen LogP contribution < -0.4 is 21.3 Å². The molecule has 67 heavy (non-hydrogen) atoms. The fraction of sp³-hybridized carbons (Fsp3) is 0.617. The van der Waals surface area contributed by atoms with Crippen molar-refractivity contribution in [1.29, 1.82) is 0 Å². The van der Waals surface area contributed by atoms with Crippen LogP contribution in [0.2, 0.25) is 0 Å². The van der Waals surface area contributed by atoms with Gasteiger partial charge in [0, 0.05) is 47.0 Å². The van der Waals surface area contributed by atoms with Crippen molar-refractivity contribution < 1.29 is 28.8 Å². The maximum atomic E-state index is 14.1. The smallest absolute Gasteiger partial charge is 0.237 e. The quantitative estimate of drug-likeness (QED) is 0.176. The highest BCUT2D eigenvalue weighted by Gasteiger charge is 2.57. The van der Waals surface area contributed by atoms with E-state index in [1.54, 1.807) is 51.5 Å². The van der Waals surface area contributed by atoms with Crippen molar-refractivity contribution in [1.82, 2.24) is 21.3 Å². The van der Waals surface area contributed by atoms with Crippen molar-refractivity contribution in [2.45, 2.75) is 121 Å². The zero-order valence-electron chi connectivity index (χ0n) is 40.0. The van der Waals surface area contributed by atoms with Crippen LogP contribution in [0.25, 0.3) is 0 Å². The van der Waals surface area contributed by atoms with Gasteiger partial charge in [0.25, 0.3) is 0 Å². The number of ketones is 4. The molecule has 0 bridgehead atoms. The second-order valence-electron chi connectivity index (χ2n) is 18.8. The first-order valence-corrected chi connectivity index (χ1v) is 23.5. The van der Waals surface area contributed by atoms with E-state index in [1.165, 1.54) is 0 Å². The Morgan fingerprint density at radius 3 is 1.15 bits per heavy atom. The highest BCUT2D eigenvalue weighted by atomic mass is 32.2. The zero-order chi connectivity index (χ0) is 42.8. The third-order valence-electron chi connectivity index (χ3n) is 13.7. The van der Waals surface area contributed by atoms with Crippen LogP contribution in [0.5, 0.6) is 0 Å². The number of carbonyl (C=O) groups excluding carboxylic acids is 6. The molecule has 2 heterocycles. The number of fused-ring (bicyclic) bond motifs is 2. The van der Waals surface area contributed by atoms with E-state index in [9.17, 15) is 28.8 Å². The van der Waals surface area contributed by atoms with E-state index in [-0.39, 0.29) is 177 Å². The van der Waals surface area contributed by atoms with Crippen LogP contribution in [0.15, 0.2) is 48.5 Å². The second-order valence-corrected chi connectivity index (χ2v) is 21.5. The van der Waals surface area contributed by atoms with Crippen LogP contribution in [0.1, 0.15) is 89.5 Å². The SMILES string of the molecule is CN[C@@H](C)C(=O)N[C@H]1CCS[C@H]2CC(C)(C)[C@@H](C(=O)Cc3ccc(Cc4ccc(CC(=O)[C@H]5C6C(=O)[C@@H](NC(=O)[C@H](C)NC)CCS[C@H]6CC5(C)C)cc4)cc3)C2C1=O.S.S.S.S.S.S.S.S. The third-order valence-corrected chi connectivity index (χ3v) is 16.4. The van der Waals surface area contributed by atoms with Crippen molar-refractivity contribution in [2.75, 3.05) is 25.6 Å². The van der Waals surface area contributed by atoms with Crippen LogP contribution in [0.4, 0.5) is 0 Å². The van der Waals surface area contributed by atoms with Crippen molar-refractivity contribution >= 4 is 166 Å². The van der Waals surface area contributed by atoms with E-state index in [0.717, 1.165) is 46.6 Å². The van der Waals surface area contributed by atoms with Gasteiger partial charge in [-0.25, -0.2) is 0 Å². The topological polar surface area (TPSA) is 151 Å². The Balaban J connectivity index is -0.00000512. The fourth-order valence-corrected chi connectivity index (χ4v) is 13.7. The molecule has 2 saturated heterocycles. The Hall–Kier alpha value is -0.520. The molecule has 4 aliphatic rings. The molecule has 2 aromatic carbocycles. The number of hydrogen-bond acceptors (Lipinski definition) is 10. The van der Waals surface area contributed by atoms with Crippen molar-refractivity contribution in [3.63, 3.8) is 0 Å². The summed E-state index contributed by atoms with van der Waals surface area (Å²) >= 11 is 3.54. The number of rotatable bonds is 14. The van der Waals surface area contributed by atoms with E-state index in [1.807, 2.05) is 24.3 Å². The molecule has 10 atom stereocenters. The number of hydrogen-bond donors (Lipinski definition) is 4. The average molecular weight is 1120 g/mol. The van der Waals surface area contributed by atoms with Crippen LogP contribution in [-0.2, 0) is 48.0 Å². The molecule has 2 aliphatic carbocycles. The second kappa shape index (κ2) is 30.5. The van der Waals surface area contributed by atoms with Crippen molar-refractivity contribution in [3.05, 3.63) is 70.8 Å². The molecule has 0 radical (unpaired) electrons. The molecule has 2 unspecified atom stereocenters. The van der Waals surface area contributed by atoms with Crippen molar-refractivity contribution in [3.8, 4) is 0 Å². The van der Waals surface area contributed by atoms with Crippen molar-refractivity contribution in [2.24, 2.45) is 34.5 Å². The molecule has 2 aromatic rings. The standard InChI is InChI=1S/C47H64N4O6S2.8H2S/c1-26(48-7)44(56)50-32-17-19-58-36-24-46(3,4)40(38(36)42(32)54)34(52)22-30-13-9-28(10-14-30)21-29-11-15-31(16-12-29)23-35(53)41-39-37(25-47(41,5)6)59-20-18-33(43(39)55)51-45(57)27(2)49-8;;;;;;;;/h9-16,26-27,32-33,36-41,48-49H,17-25H2,1-8H3,(H,50,56)(H,51,57);8*1H2/t26-,27-,32-,33-,36-,37-,38?,39?,40-,41-;;;;;;;;/m0......../s1. The third kappa shape index (κ3) is 16.8. The molecule has 384 valence electrons. The minimum absolute atomic E-state index is 0. The molecule has 2 aliphatic heterocycles.